The minimum atomic E-state index is 0.364. The highest BCUT2D eigenvalue weighted by Gasteiger charge is 2.22. The van der Waals surface area contributed by atoms with Crippen LogP contribution in [0.5, 0.6) is 0 Å². The number of hydrogen-bond acceptors (Lipinski definition) is 5. The van der Waals surface area contributed by atoms with E-state index >= 15 is 0 Å². The molecule has 0 aliphatic carbocycles. The first-order chi connectivity index (χ1) is 8.79. The Bertz CT molecular complexity index is 366. The van der Waals surface area contributed by atoms with Gasteiger partial charge in [0, 0.05) is 25.1 Å². The van der Waals surface area contributed by atoms with Crippen LogP contribution >= 0.6 is 0 Å². The molecule has 1 aliphatic heterocycles. The van der Waals surface area contributed by atoms with Crippen LogP contribution in [0.3, 0.4) is 0 Å². The molecule has 2 N–H and O–H groups in total. The summed E-state index contributed by atoms with van der Waals surface area (Å²) in [6, 6.07) is 0.364. The molecule has 0 aromatic carbocycles. The molecule has 1 aromatic rings. The molecule has 0 saturated carbocycles. The number of aromatic nitrogens is 2. The van der Waals surface area contributed by atoms with Gasteiger partial charge in [0.2, 0.25) is 0 Å². The highest BCUT2D eigenvalue weighted by molar-refractivity contribution is 5.42. The smallest absolute Gasteiger partial charge is 0.147 e. The molecule has 2 rings (SSSR count). The van der Waals surface area contributed by atoms with E-state index in [-0.39, 0.29) is 0 Å². The van der Waals surface area contributed by atoms with Crippen LogP contribution in [0.25, 0.3) is 0 Å². The highest BCUT2D eigenvalue weighted by atomic mass is 16.5. The quantitative estimate of drug-likeness (QED) is 0.810. The molecule has 1 saturated heterocycles. The van der Waals surface area contributed by atoms with E-state index < -0.39 is 0 Å². The van der Waals surface area contributed by atoms with Gasteiger partial charge < -0.3 is 15.4 Å². The largest absolute Gasteiger partial charge is 0.381 e. The molecular weight excluding hydrogens is 228 g/mol. The molecule has 100 valence electrons. The molecule has 18 heavy (non-hydrogen) atoms. The van der Waals surface area contributed by atoms with E-state index in [0.717, 1.165) is 44.2 Å². The second-order valence-electron chi connectivity index (χ2n) is 4.77. The lowest BCUT2D eigenvalue weighted by Crippen LogP contribution is -2.26. The average Bonchev–Trinajstić information content (AvgIpc) is 2.91. The number of anilines is 2. The number of nitrogens with zero attached hydrogens (tertiary/aromatic N) is 2. The zero-order valence-corrected chi connectivity index (χ0v) is 11.1. The summed E-state index contributed by atoms with van der Waals surface area (Å²) in [6.45, 7) is 6.94. The lowest BCUT2D eigenvalue weighted by atomic mass is 10.0. The van der Waals surface area contributed by atoms with Gasteiger partial charge in [0.05, 0.1) is 19.0 Å². The third-order valence-electron chi connectivity index (χ3n) is 3.24. The van der Waals surface area contributed by atoms with E-state index in [9.17, 15) is 0 Å². The minimum absolute atomic E-state index is 0.364. The van der Waals surface area contributed by atoms with Gasteiger partial charge in [-0.1, -0.05) is 6.92 Å². The van der Waals surface area contributed by atoms with Crippen molar-refractivity contribution in [3.8, 4) is 0 Å². The topological polar surface area (TPSA) is 59.1 Å². The number of hydrogen-bond donors (Lipinski definition) is 2. The van der Waals surface area contributed by atoms with Crippen molar-refractivity contribution in [3.63, 3.8) is 0 Å². The van der Waals surface area contributed by atoms with Gasteiger partial charge in [-0.15, -0.1) is 0 Å². The summed E-state index contributed by atoms with van der Waals surface area (Å²) in [5.41, 5.74) is 0. The third kappa shape index (κ3) is 3.57. The SMILES string of the molecule is CCCNc1cncc(NC(C)C2CCOC2)n1. The van der Waals surface area contributed by atoms with Gasteiger partial charge in [0.1, 0.15) is 11.6 Å². The molecule has 2 atom stereocenters. The van der Waals surface area contributed by atoms with Crippen LogP contribution in [0.1, 0.15) is 26.7 Å². The Labute approximate surface area is 108 Å². The Morgan fingerprint density at radius 1 is 1.44 bits per heavy atom. The van der Waals surface area contributed by atoms with Crippen LogP contribution < -0.4 is 10.6 Å². The van der Waals surface area contributed by atoms with Crippen molar-refractivity contribution >= 4 is 11.6 Å². The number of nitrogens with one attached hydrogen (secondary N) is 2. The molecule has 1 aromatic heterocycles. The molecule has 2 unspecified atom stereocenters. The summed E-state index contributed by atoms with van der Waals surface area (Å²) < 4.78 is 5.40. The lowest BCUT2D eigenvalue weighted by molar-refractivity contribution is 0.183. The highest BCUT2D eigenvalue weighted by Crippen LogP contribution is 2.19. The van der Waals surface area contributed by atoms with Gasteiger partial charge in [-0.3, -0.25) is 4.98 Å². The van der Waals surface area contributed by atoms with E-state index in [1.54, 1.807) is 12.4 Å². The second-order valence-corrected chi connectivity index (χ2v) is 4.77. The van der Waals surface area contributed by atoms with Crippen LogP contribution in [0.4, 0.5) is 11.6 Å². The van der Waals surface area contributed by atoms with Crippen LogP contribution in [-0.2, 0) is 4.74 Å². The van der Waals surface area contributed by atoms with Crippen molar-refractivity contribution in [2.75, 3.05) is 30.4 Å². The maximum absolute atomic E-state index is 5.40. The molecular formula is C13H22N4O. The van der Waals surface area contributed by atoms with Crippen LogP contribution in [0, 0.1) is 5.92 Å². The zero-order chi connectivity index (χ0) is 12.8. The Kier molecular flexibility index (Phi) is 4.75. The normalized spacial score (nSPS) is 20.7. The predicted molar refractivity (Wildman–Crippen MR) is 72.8 cm³/mol. The van der Waals surface area contributed by atoms with Gasteiger partial charge in [0.25, 0.3) is 0 Å². The first kappa shape index (κ1) is 13.1. The summed E-state index contributed by atoms with van der Waals surface area (Å²) in [6.07, 6.45) is 5.72. The summed E-state index contributed by atoms with van der Waals surface area (Å²) in [4.78, 5) is 8.69. The lowest BCUT2D eigenvalue weighted by Gasteiger charge is -2.19. The molecule has 0 amide bonds. The number of rotatable bonds is 6. The molecule has 1 fully saturated rings. The van der Waals surface area contributed by atoms with E-state index in [4.69, 9.17) is 4.74 Å². The molecule has 1 aliphatic rings. The molecule has 2 heterocycles. The summed E-state index contributed by atoms with van der Waals surface area (Å²) >= 11 is 0. The summed E-state index contributed by atoms with van der Waals surface area (Å²) in [5, 5.41) is 6.65. The van der Waals surface area contributed by atoms with Gasteiger partial charge in [0.15, 0.2) is 0 Å². The van der Waals surface area contributed by atoms with E-state index in [2.05, 4.69) is 34.4 Å². The van der Waals surface area contributed by atoms with Crippen LogP contribution in [-0.4, -0.2) is 35.8 Å². The van der Waals surface area contributed by atoms with Crippen molar-refractivity contribution in [1.29, 1.82) is 0 Å². The van der Waals surface area contributed by atoms with Crippen LogP contribution in [0.15, 0.2) is 12.4 Å². The summed E-state index contributed by atoms with van der Waals surface area (Å²) in [7, 11) is 0. The van der Waals surface area contributed by atoms with Gasteiger partial charge in [-0.05, 0) is 19.8 Å². The van der Waals surface area contributed by atoms with Crippen LogP contribution in [0.2, 0.25) is 0 Å². The fraction of sp³-hybridized carbons (Fsp3) is 0.692. The fourth-order valence-corrected chi connectivity index (χ4v) is 2.07. The molecule has 5 nitrogen and oxygen atoms in total. The Hall–Kier alpha value is -1.36. The standard InChI is InChI=1S/C13H22N4O/c1-3-5-15-12-7-14-8-13(17-12)16-10(2)11-4-6-18-9-11/h7-8,10-11H,3-6,9H2,1-2H3,(H2,15,16,17). The first-order valence-electron chi connectivity index (χ1n) is 6.69. The molecule has 5 heteroatoms. The molecule has 0 radical (unpaired) electrons. The van der Waals surface area contributed by atoms with Gasteiger partial charge in [-0.2, -0.15) is 0 Å². The second kappa shape index (κ2) is 6.54. The first-order valence-corrected chi connectivity index (χ1v) is 6.69. The Balaban J connectivity index is 1.91. The summed E-state index contributed by atoms with van der Waals surface area (Å²) in [5.74, 6) is 2.23. The van der Waals surface area contributed by atoms with E-state index in [1.807, 2.05) is 0 Å². The maximum Gasteiger partial charge on any atom is 0.147 e. The van der Waals surface area contributed by atoms with Crippen molar-refractivity contribution in [2.45, 2.75) is 32.7 Å². The van der Waals surface area contributed by atoms with E-state index in [0.29, 0.717) is 12.0 Å². The third-order valence-corrected chi connectivity index (χ3v) is 3.24. The Morgan fingerprint density at radius 3 is 3.00 bits per heavy atom. The average molecular weight is 250 g/mol. The Morgan fingerprint density at radius 2 is 2.28 bits per heavy atom. The van der Waals surface area contributed by atoms with Gasteiger partial charge >= 0.3 is 0 Å². The van der Waals surface area contributed by atoms with Crippen molar-refractivity contribution in [2.24, 2.45) is 5.92 Å². The van der Waals surface area contributed by atoms with Crippen molar-refractivity contribution in [1.82, 2.24) is 9.97 Å². The minimum Gasteiger partial charge on any atom is -0.381 e. The van der Waals surface area contributed by atoms with Crippen molar-refractivity contribution in [3.05, 3.63) is 12.4 Å². The van der Waals surface area contributed by atoms with Gasteiger partial charge in [-0.25, -0.2) is 4.98 Å². The molecule has 0 bridgehead atoms. The zero-order valence-electron chi connectivity index (χ0n) is 11.1. The predicted octanol–water partition coefficient (Wildman–Crippen LogP) is 2.14. The molecule has 0 spiro atoms. The number of ether oxygens (including phenoxy) is 1. The maximum atomic E-state index is 5.40. The monoisotopic (exact) mass is 250 g/mol. The van der Waals surface area contributed by atoms with E-state index in [1.165, 1.54) is 0 Å². The fourth-order valence-electron chi connectivity index (χ4n) is 2.07. The van der Waals surface area contributed by atoms with Crippen molar-refractivity contribution < 1.29 is 4.74 Å².